The van der Waals surface area contributed by atoms with Crippen LogP contribution in [0, 0.1) is 0 Å². The second kappa shape index (κ2) is 20.5. The highest BCUT2D eigenvalue weighted by molar-refractivity contribution is 9.12. The summed E-state index contributed by atoms with van der Waals surface area (Å²) in [7, 11) is 0. The Bertz CT molecular complexity index is 3860. The molecule has 0 saturated carbocycles. The fourth-order valence-corrected chi connectivity index (χ4v) is 11.9. The van der Waals surface area contributed by atoms with Crippen molar-refractivity contribution in [2.24, 2.45) is 0 Å². The second-order valence-corrected chi connectivity index (χ2v) is 21.3. The summed E-state index contributed by atoms with van der Waals surface area (Å²) in [5.41, 5.74) is 12.7. The minimum Gasteiger partial charge on any atom is -0.0616 e. The van der Waals surface area contributed by atoms with Gasteiger partial charge in [-0.15, -0.1) is 0 Å². The van der Waals surface area contributed by atoms with Gasteiger partial charge in [0.15, 0.2) is 0 Å². The average molecular weight is 1160 g/mol. The highest BCUT2D eigenvalue weighted by Crippen LogP contribution is 2.47. The van der Waals surface area contributed by atoms with Crippen LogP contribution in [0.2, 0.25) is 0 Å². The molecule has 0 aliphatic heterocycles. The van der Waals surface area contributed by atoms with Gasteiger partial charge in [-0.25, -0.2) is 0 Å². The maximum Gasteiger partial charge on any atom is 0.0260 e. The molecular weight excluding hydrogens is 1110 g/mol. The SMILES string of the molecule is BrC1=CC(/C=C/c2ccc3ccccc3c2)=C(/C=C/c2ccc3ccccc3c2)CC1c1cc(Br)c(-c2cc(/C=C/c3ccc4ccccc4c3)c(/C=C/c3ccc4ccccc4c3)cc2Br)cc1Br. The van der Waals surface area contributed by atoms with Gasteiger partial charge in [0.2, 0.25) is 0 Å². The molecule has 70 heavy (non-hydrogen) atoms. The summed E-state index contributed by atoms with van der Waals surface area (Å²) < 4.78 is 4.22. The number of benzene rings is 10. The number of halogens is 4. The Balaban J connectivity index is 0.943. The van der Waals surface area contributed by atoms with Gasteiger partial charge in [0.25, 0.3) is 0 Å². The first kappa shape index (κ1) is 46.0. The standard InChI is InChI=1S/C66H44Br4/c67-63-39-57(31-23-45-19-27-49-11-3-7-15-53(49)35-45)55(29-21-43-17-25-47-9-1-5-13-51(47)33-43)37-59(63)61-41-66(70)62(42-65(61)69)60-38-56(30-22-44-18-26-48-10-2-6-14-52(48)34-44)58(40-64(60)68)32-24-46-20-28-50-12-4-8-16-54(50)36-46/h1-37,39-42,60H,38H2/b29-21+,30-22+,31-23+,32-24+. The van der Waals surface area contributed by atoms with Crippen LogP contribution in [0.1, 0.15) is 51.3 Å². The van der Waals surface area contributed by atoms with Crippen LogP contribution in [0.15, 0.2) is 241 Å². The van der Waals surface area contributed by atoms with Crippen molar-refractivity contribution in [3.63, 3.8) is 0 Å². The predicted molar refractivity (Wildman–Crippen MR) is 318 cm³/mol. The van der Waals surface area contributed by atoms with Gasteiger partial charge < -0.3 is 0 Å². The first-order valence-corrected chi connectivity index (χ1v) is 26.6. The van der Waals surface area contributed by atoms with Gasteiger partial charge in [0.05, 0.1) is 0 Å². The Kier molecular flexibility index (Phi) is 13.5. The molecule has 0 N–H and O–H groups in total. The third-order valence-corrected chi connectivity index (χ3v) is 16.1. The largest absolute Gasteiger partial charge is 0.0616 e. The molecule has 336 valence electrons. The lowest BCUT2D eigenvalue weighted by Crippen LogP contribution is -2.07. The summed E-state index contributed by atoms with van der Waals surface area (Å²) in [4.78, 5) is 0. The molecule has 1 atom stereocenters. The van der Waals surface area contributed by atoms with Gasteiger partial charge in [-0.1, -0.05) is 258 Å². The van der Waals surface area contributed by atoms with E-state index in [1.807, 2.05) is 0 Å². The van der Waals surface area contributed by atoms with E-state index in [1.165, 1.54) is 70.9 Å². The van der Waals surface area contributed by atoms with E-state index in [4.69, 9.17) is 0 Å². The molecule has 0 aromatic heterocycles. The number of fused-ring (bicyclic) bond motifs is 4. The summed E-state index contributed by atoms with van der Waals surface area (Å²) >= 11 is 16.3. The van der Waals surface area contributed by atoms with Gasteiger partial charge >= 0.3 is 0 Å². The molecule has 10 aromatic carbocycles. The minimum atomic E-state index is 0.0836. The highest BCUT2D eigenvalue weighted by Gasteiger charge is 2.25. The fraction of sp³-hybridized carbons (Fsp3) is 0.0303. The summed E-state index contributed by atoms with van der Waals surface area (Å²) in [5.74, 6) is 0.0836. The third-order valence-electron chi connectivity index (χ3n) is 13.3. The lowest BCUT2D eigenvalue weighted by Gasteiger charge is -2.26. The van der Waals surface area contributed by atoms with Crippen molar-refractivity contribution < 1.29 is 0 Å². The molecule has 0 heterocycles. The zero-order chi connectivity index (χ0) is 47.6. The summed E-state index contributed by atoms with van der Waals surface area (Å²) in [6, 6.07) is 69.8. The third kappa shape index (κ3) is 10.1. The van der Waals surface area contributed by atoms with E-state index >= 15 is 0 Å². The molecule has 0 spiro atoms. The predicted octanol–water partition coefficient (Wildman–Crippen LogP) is 21.1. The smallest absolute Gasteiger partial charge is 0.0260 e. The zero-order valence-electron chi connectivity index (χ0n) is 38.0. The van der Waals surface area contributed by atoms with Crippen LogP contribution >= 0.6 is 63.7 Å². The molecule has 10 aromatic rings. The number of hydrogen-bond donors (Lipinski definition) is 0. The maximum absolute atomic E-state index is 4.11. The monoisotopic (exact) mass is 1150 g/mol. The molecule has 1 aliphatic carbocycles. The molecule has 0 fully saturated rings. The topological polar surface area (TPSA) is 0 Å². The van der Waals surface area contributed by atoms with Gasteiger partial charge in [-0.3, -0.25) is 0 Å². The van der Waals surface area contributed by atoms with Crippen molar-refractivity contribution in [3.8, 4) is 11.1 Å². The fourth-order valence-electron chi connectivity index (χ4n) is 9.49. The summed E-state index contributed by atoms with van der Waals surface area (Å²) in [6.07, 6.45) is 21.1. The highest BCUT2D eigenvalue weighted by atomic mass is 79.9. The van der Waals surface area contributed by atoms with Crippen LogP contribution in [0.25, 0.3) is 90.7 Å². The first-order chi connectivity index (χ1) is 34.3. The molecule has 11 rings (SSSR count). The number of rotatable bonds is 10. The van der Waals surface area contributed by atoms with E-state index in [-0.39, 0.29) is 5.92 Å². The first-order valence-electron chi connectivity index (χ1n) is 23.4. The van der Waals surface area contributed by atoms with Crippen molar-refractivity contribution in [1.82, 2.24) is 0 Å². The Hall–Kier alpha value is -6.40. The van der Waals surface area contributed by atoms with Crippen LogP contribution in [0.5, 0.6) is 0 Å². The molecule has 1 aliphatic rings. The average Bonchev–Trinajstić information content (AvgIpc) is 3.39. The molecular formula is C66H44Br4. The van der Waals surface area contributed by atoms with Crippen molar-refractivity contribution in [2.45, 2.75) is 12.3 Å². The summed E-state index contributed by atoms with van der Waals surface area (Å²) in [5, 5.41) is 9.88. The molecule has 0 bridgehead atoms. The van der Waals surface area contributed by atoms with E-state index < -0.39 is 0 Å². The molecule has 4 heteroatoms. The Morgan fingerprint density at radius 1 is 0.329 bits per heavy atom. The molecule has 1 unspecified atom stereocenters. The molecule has 0 saturated heterocycles. The van der Waals surface area contributed by atoms with Crippen LogP contribution < -0.4 is 0 Å². The van der Waals surface area contributed by atoms with E-state index in [0.717, 1.165) is 57.7 Å². The quantitative estimate of drug-likeness (QED) is 0.120. The second-order valence-electron chi connectivity index (χ2n) is 17.8. The van der Waals surface area contributed by atoms with Crippen LogP contribution in [-0.2, 0) is 0 Å². The lowest BCUT2D eigenvalue weighted by molar-refractivity contribution is 0.809. The van der Waals surface area contributed by atoms with Crippen LogP contribution in [0.4, 0.5) is 0 Å². The van der Waals surface area contributed by atoms with Crippen LogP contribution in [-0.4, -0.2) is 0 Å². The Morgan fingerprint density at radius 3 is 1.19 bits per heavy atom. The van der Waals surface area contributed by atoms with E-state index in [2.05, 4.69) is 313 Å². The van der Waals surface area contributed by atoms with E-state index in [0.29, 0.717) is 0 Å². The Morgan fingerprint density at radius 2 is 0.714 bits per heavy atom. The number of allylic oxidation sites excluding steroid dienone is 6. The van der Waals surface area contributed by atoms with Gasteiger partial charge in [0.1, 0.15) is 0 Å². The molecule has 0 radical (unpaired) electrons. The normalized spacial score (nSPS) is 14.5. The van der Waals surface area contributed by atoms with Crippen molar-refractivity contribution in [1.29, 1.82) is 0 Å². The van der Waals surface area contributed by atoms with Gasteiger partial charge in [-0.05, 0) is 165 Å². The van der Waals surface area contributed by atoms with Gasteiger partial charge in [-0.2, -0.15) is 0 Å². The molecule has 0 nitrogen and oxygen atoms in total. The minimum absolute atomic E-state index is 0.0836. The van der Waals surface area contributed by atoms with Crippen LogP contribution in [0.3, 0.4) is 0 Å². The van der Waals surface area contributed by atoms with Crippen molar-refractivity contribution >= 4 is 143 Å². The van der Waals surface area contributed by atoms with Crippen molar-refractivity contribution in [2.75, 3.05) is 0 Å². The Labute approximate surface area is 443 Å². The lowest BCUT2D eigenvalue weighted by atomic mass is 9.83. The summed E-state index contributed by atoms with van der Waals surface area (Å²) in [6.45, 7) is 0. The van der Waals surface area contributed by atoms with E-state index in [1.54, 1.807) is 0 Å². The van der Waals surface area contributed by atoms with E-state index in [9.17, 15) is 0 Å². The zero-order valence-corrected chi connectivity index (χ0v) is 44.3. The van der Waals surface area contributed by atoms with Crippen molar-refractivity contribution in [3.05, 3.63) is 280 Å². The molecule has 0 amide bonds. The maximum atomic E-state index is 4.11. The number of hydrogen-bond acceptors (Lipinski definition) is 0. The van der Waals surface area contributed by atoms with Gasteiger partial charge in [0, 0.05) is 23.8 Å².